The van der Waals surface area contributed by atoms with Crippen LogP contribution in [0.2, 0.25) is 0 Å². The van der Waals surface area contributed by atoms with Gasteiger partial charge in [0.1, 0.15) is 11.3 Å². The highest BCUT2D eigenvalue weighted by atomic mass is 16.3. The van der Waals surface area contributed by atoms with Crippen LogP contribution in [-0.4, -0.2) is 41.8 Å². The molecule has 5 heteroatoms. The fraction of sp³-hybridized carbons (Fsp3) is 0.583. The van der Waals surface area contributed by atoms with Gasteiger partial charge in [0.2, 0.25) is 11.8 Å². The van der Waals surface area contributed by atoms with Gasteiger partial charge in [-0.2, -0.15) is 0 Å². The summed E-state index contributed by atoms with van der Waals surface area (Å²) in [6.07, 6.45) is 6.90. The molecular formula is C24H32N2O3. The van der Waals surface area contributed by atoms with E-state index >= 15 is 0 Å². The molecule has 1 saturated carbocycles. The van der Waals surface area contributed by atoms with E-state index in [0.29, 0.717) is 13.1 Å². The third-order valence-electron chi connectivity index (χ3n) is 6.32. The molecule has 1 saturated heterocycles. The van der Waals surface area contributed by atoms with Gasteiger partial charge in [-0.25, -0.2) is 0 Å². The molecule has 5 nitrogen and oxygen atoms in total. The third kappa shape index (κ3) is 4.34. The smallest absolute Gasteiger partial charge is 0.227 e. The molecule has 4 rings (SSSR count). The summed E-state index contributed by atoms with van der Waals surface area (Å²) in [7, 11) is 1.88. The number of rotatable bonds is 7. The summed E-state index contributed by atoms with van der Waals surface area (Å²) >= 11 is 0. The molecule has 1 aliphatic carbocycles. The van der Waals surface area contributed by atoms with Crippen molar-refractivity contribution in [3.63, 3.8) is 0 Å². The molecule has 2 heterocycles. The topological polar surface area (TPSA) is 53.8 Å². The molecule has 1 atom stereocenters. The average Bonchev–Trinajstić information content (AvgIpc) is 3.54. The molecule has 0 spiro atoms. The number of carbonyl (C=O) groups is 2. The van der Waals surface area contributed by atoms with Gasteiger partial charge < -0.3 is 14.2 Å². The van der Waals surface area contributed by atoms with E-state index in [1.165, 1.54) is 0 Å². The van der Waals surface area contributed by atoms with Crippen LogP contribution in [0.15, 0.2) is 28.7 Å². The number of nitrogens with zero attached hydrogens (tertiary/aromatic N) is 2. The van der Waals surface area contributed by atoms with E-state index in [-0.39, 0.29) is 23.7 Å². The van der Waals surface area contributed by atoms with Gasteiger partial charge in [-0.3, -0.25) is 9.59 Å². The number of hydrogen-bond acceptors (Lipinski definition) is 3. The number of fused-ring (bicyclic) bond motifs is 1. The zero-order valence-electron chi connectivity index (χ0n) is 17.7. The zero-order chi connectivity index (χ0) is 20.4. The zero-order valence-corrected chi connectivity index (χ0v) is 17.7. The number of amides is 2. The summed E-state index contributed by atoms with van der Waals surface area (Å²) in [6, 6.07) is 8.09. The minimum Gasteiger partial charge on any atom is -0.461 e. The summed E-state index contributed by atoms with van der Waals surface area (Å²) in [5.74, 6) is 1.54. The number of aryl methyl sites for hydroxylation is 1. The Hall–Kier alpha value is -2.30. The van der Waals surface area contributed by atoms with Crippen LogP contribution >= 0.6 is 0 Å². The molecule has 0 bridgehead atoms. The van der Waals surface area contributed by atoms with Gasteiger partial charge in [0, 0.05) is 50.0 Å². The van der Waals surface area contributed by atoms with E-state index in [1.807, 2.05) is 35.0 Å². The molecule has 0 N–H and O–H groups in total. The monoisotopic (exact) mass is 396 g/mol. The fourth-order valence-corrected chi connectivity index (χ4v) is 4.46. The van der Waals surface area contributed by atoms with Crippen LogP contribution in [0.1, 0.15) is 56.8 Å². The Morgan fingerprint density at radius 2 is 1.97 bits per heavy atom. The van der Waals surface area contributed by atoms with E-state index in [0.717, 1.165) is 73.8 Å². The van der Waals surface area contributed by atoms with Gasteiger partial charge in [0.15, 0.2) is 0 Å². The quantitative estimate of drug-likeness (QED) is 0.698. The lowest BCUT2D eigenvalue weighted by atomic mass is 9.96. The van der Waals surface area contributed by atoms with Crippen molar-refractivity contribution in [1.82, 2.24) is 9.80 Å². The van der Waals surface area contributed by atoms with Crippen molar-refractivity contribution in [3.05, 3.63) is 35.6 Å². The van der Waals surface area contributed by atoms with Crippen molar-refractivity contribution in [1.29, 1.82) is 0 Å². The Labute approximate surface area is 173 Å². The lowest BCUT2D eigenvalue weighted by Gasteiger charge is -2.34. The lowest BCUT2D eigenvalue weighted by molar-refractivity contribution is -0.141. The first-order chi connectivity index (χ1) is 14.1. The molecule has 2 amide bonds. The first-order valence-electron chi connectivity index (χ1n) is 11.1. The van der Waals surface area contributed by atoms with E-state index in [2.05, 4.69) is 13.0 Å². The number of piperidine rings is 1. The lowest BCUT2D eigenvalue weighted by Crippen LogP contribution is -2.46. The normalized spacial score (nSPS) is 19.5. The van der Waals surface area contributed by atoms with Crippen molar-refractivity contribution in [2.24, 2.45) is 11.8 Å². The second kappa shape index (κ2) is 8.60. The van der Waals surface area contributed by atoms with Crippen molar-refractivity contribution < 1.29 is 14.0 Å². The minimum atomic E-state index is -0.0892. The second-order valence-electron chi connectivity index (χ2n) is 8.70. The average molecular weight is 397 g/mol. The Bertz CT molecular complexity index is 883. The van der Waals surface area contributed by atoms with Gasteiger partial charge in [0.25, 0.3) is 0 Å². The molecular weight excluding hydrogens is 364 g/mol. The van der Waals surface area contributed by atoms with E-state index in [9.17, 15) is 9.59 Å². The van der Waals surface area contributed by atoms with Crippen LogP contribution in [0, 0.1) is 11.8 Å². The Morgan fingerprint density at radius 1 is 1.17 bits per heavy atom. The van der Waals surface area contributed by atoms with Crippen LogP contribution in [0.25, 0.3) is 11.0 Å². The van der Waals surface area contributed by atoms with Crippen LogP contribution in [-0.2, 0) is 22.6 Å². The first kappa shape index (κ1) is 20.0. The number of carbonyl (C=O) groups excluding carboxylic acids is 2. The molecule has 1 aliphatic heterocycles. The Balaban J connectivity index is 1.47. The number of para-hydroxylation sites is 1. The van der Waals surface area contributed by atoms with E-state index < -0.39 is 0 Å². The van der Waals surface area contributed by atoms with Crippen molar-refractivity contribution in [2.45, 2.75) is 58.4 Å². The molecule has 1 aromatic heterocycles. The molecule has 1 unspecified atom stereocenters. The Morgan fingerprint density at radius 3 is 2.72 bits per heavy atom. The van der Waals surface area contributed by atoms with Crippen LogP contribution < -0.4 is 0 Å². The Kier molecular flexibility index (Phi) is 5.93. The highest BCUT2D eigenvalue weighted by Crippen LogP contribution is 2.33. The highest BCUT2D eigenvalue weighted by Gasteiger charge is 2.37. The number of likely N-dealkylation sites (tertiary alicyclic amines) is 1. The van der Waals surface area contributed by atoms with Crippen LogP contribution in [0.5, 0.6) is 0 Å². The molecule has 2 aliphatic rings. The first-order valence-corrected chi connectivity index (χ1v) is 11.1. The summed E-state index contributed by atoms with van der Waals surface area (Å²) in [5.41, 5.74) is 2.03. The van der Waals surface area contributed by atoms with Gasteiger partial charge in [-0.1, -0.05) is 31.5 Å². The van der Waals surface area contributed by atoms with Crippen LogP contribution in [0.4, 0.5) is 0 Å². The molecule has 156 valence electrons. The minimum absolute atomic E-state index is 0.0892. The molecule has 2 fully saturated rings. The summed E-state index contributed by atoms with van der Waals surface area (Å²) in [5, 5.41) is 1.10. The number of furan rings is 1. The largest absolute Gasteiger partial charge is 0.461 e. The second-order valence-corrected chi connectivity index (χ2v) is 8.70. The maximum atomic E-state index is 13.2. The summed E-state index contributed by atoms with van der Waals surface area (Å²) in [6.45, 7) is 4.11. The maximum absolute atomic E-state index is 13.2. The number of benzene rings is 1. The number of hydrogen-bond donors (Lipinski definition) is 0. The van der Waals surface area contributed by atoms with Gasteiger partial charge in [-0.05, 0) is 38.2 Å². The van der Waals surface area contributed by atoms with Crippen molar-refractivity contribution in [2.75, 3.05) is 20.1 Å². The van der Waals surface area contributed by atoms with Crippen molar-refractivity contribution >= 4 is 22.8 Å². The molecule has 2 aromatic rings. The van der Waals surface area contributed by atoms with Gasteiger partial charge >= 0.3 is 0 Å². The van der Waals surface area contributed by atoms with Crippen molar-refractivity contribution in [3.8, 4) is 0 Å². The predicted octanol–water partition coefficient (Wildman–Crippen LogP) is 4.38. The molecule has 29 heavy (non-hydrogen) atoms. The summed E-state index contributed by atoms with van der Waals surface area (Å²) in [4.78, 5) is 29.4. The molecule has 0 radical (unpaired) electrons. The van der Waals surface area contributed by atoms with Gasteiger partial charge in [-0.15, -0.1) is 0 Å². The van der Waals surface area contributed by atoms with Crippen LogP contribution in [0.3, 0.4) is 0 Å². The maximum Gasteiger partial charge on any atom is 0.227 e. The van der Waals surface area contributed by atoms with E-state index in [4.69, 9.17) is 4.42 Å². The molecule has 1 aromatic carbocycles. The third-order valence-corrected chi connectivity index (χ3v) is 6.32. The predicted molar refractivity (Wildman–Crippen MR) is 113 cm³/mol. The summed E-state index contributed by atoms with van der Waals surface area (Å²) < 4.78 is 6.12. The standard InChI is InChI=1S/C24H32N2O3/c1-3-4-10-22-20(19-9-5-6-11-21(19)29-22)16-25(2)23(27)18-8-7-14-26(15-18)24(28)17-12-13-17/h5-6,9,11,17-18H,3-4,7-8,10,12-16H2,1-2H3. The SMILES string of the molecule is CCCCc1oc2ccccc2c1CN(C)C(=O)C1CCCN(C(=O)C2CC2)C1. The highest BCUT2D eigenvalue weighted by molar-refractivity contribution is 5.85. The van der Waals surface area contributed by atoms with Gasteiger partial charge in [0.05, 0.1) is 5.92 Å². The van der Waals surface area contributed by atoms with E-state index in [1.54, 1.807) is 0 Å². The fourth-order valence-electron chi connectivity index (χ4n) is 4.46. The number of unbranched alkanes of at least 4 members (excludes halogenated alkanes) is 1.